The topological polar surface area (TPSA) is 35.5 Å². The van der Waals surface area contributed by atoms with Crippen LogP contribution in [0.3, 0.4) is 0 Å². The minimum absolute atomic E-state index is 0.165. The Hall–Kier alpha value is -0.276. The van der Waals surface area contributed by atoms with Gasteiger partial charge in [-0.3, -0.25) is 4.79 Å². The maximum Gasteiger partial charge on any atom is 0.192 e. The van der Waals surface area contributed by atoms with Gasteiger partial charge in [-0.1, -0.05) is 41.5 Å². The van der Waals surface area contributed by atoms with E-state index in [-0.39, 0.29) is 10.1 Å². The number of carbonyl (C=O) groups is 1. The van der Waals surface area contributed by atoms with Crippen LogP contribution in [0.2, 0.25) is 36.3 Å². The van der Waals surface area contributed by atoms with Gasteiger partial charge in [0.15, 0.2) is 22.9 Å². The molecule has 1 heterocycles. The van der Waals surface area contributed by atoms with Gasteiger partial charge in [-0.05, 0) is 47.9 Å². The van der Waals surface area contributed by atoms with Crippen molar-refractivity contribution in [1.82, 2.24) is 0 Å². The second kappa shape index (κ2) is 7.76. The minimum Gasteiger partial charge on any atom is -0.413 e. The summed E-state index contributed by atoms with van der Waals surface area (Å²) in [4.78, 5) is 13.3. The molecule has 1 aromatic heterocycles. The van der Waals surface area contributed by atoms with Gasteiger partial charge in [0.2, 0.25) is 0 Å². The van der Waals surface area contributed by atoms with E-state index in [0.717, 1.165) is 21.6 Å². The Kier molecular flexibility index (Phi) is 7.07. The molecule has 0 aliphatic rings. The molecule has 0 aliphatic carbocycles. The highest BCUT2D eigenvalue weighted by atomic mass is 32.1. The van der Waals surface area contributed by atoms with Gasteiger partial charge in [-0.25, -0.2) is 0 Å². The largest absolute Gasteiger partial charge is 0.413 e. The minimum atomic E-state index is -1.82. The molecule has 1 aromatic rings. The average molecular weight is 401 g/mol. The first-order valence-corrected chi connectivity index (χ1v) is 15.6. The normalized spacial score (nSPS) is 14.0. The Morgan fingerprint density at radius 2 is 1.36 bits per heavy atom. The molecule has 0 spiro atoms. The molecular weight excluding hydrogens is 364 g/mol. The Balaban J connectivity index is 2.84. The van der Waals surface area contributed by atoms with Gasteiger partial charge in [-0.2, -0.15) is 0 Å². The summed E-state index contributed by atoms with van der Waals surface area (Å²) in [5.74, 6) is 0. The molecule has 0 saturated heterocycles. The number of hydrogen-bond donors (Lipinski definition) is 0. The highest BCUT2D eigenvalue weighted by molar-refractivity contribution is 7.13. The lowest BCUT2D eigenvalue weighted by Crippen LogP contribution is -2.40. The van der Waals surface area contributed by atoms with E-state index in [9.17, 15) is 4.79 Å². The molecule has 0 saturated carbocycles. The first kappa shape index (κ1) is 22.8. The molecule has 1 rings (SSSR count). The lowest BCUT2D eigenvalue weighted by Gasteiger charge is -2.36. The van der Waals surface area contributed by atoms with Gasteiger partial charge in [0.25, 0.3) is 0 Å². The highest BCUT2D eigenvalue weighted by Gasteiger charge is 2.38. The van der Waals surface area contributed by atoms with Crippen LogP contribution in [0, 0.1) is 0 Å². The quantitative estimate of drug-likeness (QED) is 0.382. The lowest BCUT2D eigenvalue weighted by molar-refractivity contribution is 0.112. The Morgan fingerprint density at radius 3 is 1.76 bits per heavy atom. The van der Waals surface area contributed by atoms with E-state index in [1.807, 2.05) is 0 Å². The molecular formula is C19H36O3SSi2. The fraction of sp³-hybridized carbons (Fsp3) is 0.737. The third-order valence-corrected chi connectivity index (χ3v) is 15.8. The SMILES string of the molecule is CC(C)(C)[Si](C)(C)OCc1cc(CO[Si](C)(C)C(C)(C)C)c(C=O)s1. The third-order valence-electron chi connectivity index (χ3n) is 5.78. The summed E-state index contributed by atoms with van der Waals surface area (Å²) in [5, 5.41) is 0.352. The van der Waals surface area contributed by atoms with Crippen molar-refractivity contribution in [3.05, 3.63) is 21.4 Å². The monoisotopic (exact) mass is 400 g/mol. The summed E-state index contributed by atoms with van der Waals surface area (Å²) in [6.07, 6.45) is 0.949. The molecule has 0 unspecified atom stereocenters. The summed E-state index contributed by atoms with van der Waals surface area (Å²) in [5.41, 5.74) is 0.999. The van der Waals surface area contributed by atoms with Crippen LogP contribution in [-0.2, 0) is 22.1 Å². The van der Waals surface area contributed by atoms with Crippen molar-refractivity contribution in [2.45, 2.75) is 91.0 Å². The number of aldehydes is 1. The van der Waals surface area contributed by atoms with Crippen molar-refractivity contribution in [2.75, 3.05) is 0 Å². The maximum atomic E-state index is 11.5. The van der Waals surface area contributed by atoms with Gasteiger partial charge in [-0.15, -0.1) is 11.3 Å². The van der Waals surface area contributed by atoms with Crippen LogP contribution in [0.25, 0.3) is 0 Å². The second-order valence-corrected chi connectivity index (χ2v) is 20.6. The van der Waals surface area contributed by atoms with Gasteiger partial charge in [0.1, 0.15) is 0 Å². The molecule has 25 heavy (non-hydrogen) atoms. The zero-order valence-corrected chi connectivity index (χ0v) is 20.5. The molecule has 0 radical (unpaired) electrons. The van der Waals surface area contributed by atoms with Gasteiger partial charge in [0.05, 0.1) is 18.1 Å². The number of thiophene rings is 1. The number of carbonyl (C=O) groups excluding carboxylic acids is 1. The molecule has 0 amide bonds. The zero-order chi connectivity index (χ0) is 19.7. The van der Waals surface area contributed by atoms with Crippen LogP contribution in [0.15, 0.2) is 6.07 Å². The van der Waals surface area contributed by atoms with Crippen molar-refractivity contribution in [3.63, 3.8) is 0 Å². The maximum absolute atomic E-state index is 11.5. The van der Waals surface area contributed by atoms with Crippen LogP contribution in [0.5, 0.6) is 0 Å². The first-order chi connectivity index (χ1) is 11.1. The number of rotatable bonds is 7. The van der Waals surface area contributed by atoms with Crippen LogP contribution in [0.4, 0.5) is 0 Å². The fourth-order valence-corrected chi connectivity index (χ4v) is 4.63. The predicted octanol–water partition coefficient (Wildman–Crippen LogP) is 6.60. The number of hydrogen-bond acceptors (Lipinski definition) is 4. The van der Waals surface area contributed by atoms with E-state index in [4.69, 9.17) is 8.85 Å². The fourth-order valence-electron chi connectivity index (χ4n) is 1.73. The van der Waals surface area contributed by atoms with Gasteiger partial charge >= 0.3 is 0 Å². The smallest absolute Gasteiger partial charge is 0.192 e. The molecule has 0 N–H and O–H groups in total. The standard InChI is InChI=1S/C19H36O3SSi2/c1-18(2,3)24(7,8)21-13-15-11-16(23-17(15)12-20)14-22-25(9,10)19(4,5)6/h11-12H,13-14H2,1-10H3. The van der Waals surface area contributed by atoms with Crippen LogP contribution < -0.4 is 0 Å². The molecule has 0 aromatic carbocycles. The molecule has 0 fully saturated rings. The highest BCUT2D eigenvalue weighted by Crippen LogP contribution is 2.39. The van der Waals surface area contributed by atoms with Gasteiger partial charge < -0.3 is 8.85 Å². The van der Waals surface area contributed by atoms with Crippen molar-refractivity contribution in [1.29, 1.82) is 0 Å². The Labute approximate surface area is 160 Å². The molecule has 0 aliphatic heterocycles. The van der Waals surface area contributed by atoms with Crippen molar-refractivity contribution in [2.24, 2.45) is 0 Å². The second-order valence-electron chi connectivity index (χ2n) is 9.82. The molecule has 0 bridgehead atoms. The van der Waals surface area contributed by atoms with E-state index in [1.54, 1.807) is 0 Å². The predicted molar refractivity (Wildman–Crippen MR) is 114 cm³/mol. The van der Waals surface area contributed by atoms with Crippen molar-refractivity contribution in [3.8, 4) is 0 Å². The summed E-state index contributed by atoms with van der Waals surface area (Å²) in [7, 11) is -3.61. The van der Waals surface area contributed by atoms with E-state index < -0.39 is 16.6 Å². The van der Waals surface area contributed by atoms with Crippen molar-refractivity contribution >= 4 is 34.3 Å². The van der Waals surface area contributed by atoms with E-state index >= 15 is 0 Å². The Bertz CT molecular complexity index is 593. The molecule has 6 heteroatoms. The first-order valence-electron chi connectivity index (χ1n) is 8.95. The Morgan fingerprint density at radius 1 is 0.920 bits per heavy atom. The van der Waals surface area contributed by atoms with Crippen molar-refractivity contribution < 1.29 is 13.6 Å². The van der Waals surface area contributed by atoms with Crippen LogP contribution in [0.1, 0.15) is 61.7 Å². The average Bonchev–Trinajstić information content (AvgIpc) is 2.83. The van der Waals surface area contributed by atoms with E-state index in [2.05, 4.69) is 73.8 Å². The third kappa shape index (κ3) is 5.86. The van der Waals surface area contributed by atoms with Crippen LogP contribution >= 0.6 is 11.3 Å². The summed E-state index contributed by atoms with van der Waals surface area (Å²) in [6.45, 7) is 23.5. The molecule has 0 atom stereocenters. The summed E-state index contributed by atoms with van der Waals surface area (Å²) in [6, 6.07) is 2.09. The van der Waals surface area contributed by atoms with Gasteiger partial charge in [0, 0.05) is 4.88 Å². The van der Waals surface area contributed by atoms with E-state index in [0.29, 0.717) is 13.2 Å². The zero-order valence-electron chi connectivity index (χ0n) is 17.7. The van der Waals surface area contributed by atoms with Crippen LogP contribution in [-0.4, -0.2) is 22.9 Å². The molecule has 3 nitrogen and oxygen atoms in total. The molecule has 144 valence electrons. The summed E-state index contributed by atoms with van der Waals surface area (Å²) >= 11 is 1.53. The van der Waals surface area contributed by atoms with E-state index in [1.165, 1.54) is 11.3 Å². The lowest BCUT2D eigenvalue weighted by atomic mass is 10.2. The summed E-state index contributed by atoms with van der Waals surface area (Å²) < 4.78 is 12.6.